The number of amides is 2. The van der Waals surface area contributed by atoms with Gasteiger partial charge in [-0.15, -0.1) is 0 Å². The Balaban J connectivity index is 1.67. The van der Waals surface area contributed by atoms with Crippen LogP contribution < -0.4 is 10.6 Å². The van der Waals surface area contributed by atoms with Gasteiger partial charge in [-0.3, -0.25) is 29.8 Å². The van der Waals surface area contributed by atoms with E-state index in [9.17, 15) is 29.8 Å². The Morgan fingerprint density at radius 3 is 1.58 bits per heavy atom. The van der Waals surface area contributed by atoms with E-state index < -0.39 is 21.7 Å². The molecule has 2 amide bonds. The molecule has 11 heteroatoms. The summed E-state index contributed by atoms with van der Waals surface area (Å²) in [6.45, 7) is 0. The SMILES string of the molecule is O=C(Nc1ccc(NC(=O)c2ccc([N+](=O)[O-])cc2)c(Br)c1)c1ccc([N+](=O)[O-])cc1. The number of hydrogen-bond acceptors (Lipinski definition) is 6. The Bertz CT molecular complexity index is 1180. The number of nitrogens with one attached hydrogen (secondary N) is 2. The maximum atomic E-state index is 12.4. The van der Waals surface area contributed by atoms with Crippen molar-refractivity contribution >= 4 is 50.5 Å². The number of anilines is 2. The smallest absolute Gasteiger partial charge is 0.269 e. The van der Waals surface area contributed by atoms with Crippen LogP contribution in [0.15, 0.2) is 71.2 Å². The predicted octanol–water partition coefficient (Wildman–Crippen LogP) is 4.77. The van der Waals surface area contributed by atoms with Crippen molar-refractivity contribution in [3.8, 4) is 0 Å². The van der Waals surface area contributed by atoms with Gasteiger partial charge in [-0.1, -0.05) is 0 Å². The highest BCUT2D eigenvalue weighted by molar-refractivity contribution is 9.10. The molecule has 3 aromatic carbocycles. The van der Waals surface area contributed by atoms with Crippen molar-refractivity contribution in [3.05, 3.63) is 103 Å². The Labute approximate surface area is 183 Å². The normalized spacial score (nSPS) is 10.2. The van der Waals surface area contributed by atoms with E-state index in [1.165, 1.54) is 48.5 Å². The molecule has 0 saturated heterocycles. The van der Waals surface area contributed by atoms with E-state index in [-0.39, 0.29) is 22.5 Å². The fourth-order valence-corrected chi connectivity index (χ4v) is 3.04. The van der Waals surface area contributed by atoms with Crippen LogP contribution in [0.2, 0.25) is 0 Å². The first-order chi connectivity index (χ1) is 14.7. The first kappa shape index (κ1) is 21.6. The van der Waals surface area contributed by atoms with Crippen LogP contribution in [0, 0.1) is 20.2 Å². The van der Waals surface area contributed by atoms with Gasteiger partial charge in [0.15, 0.2) is 0 Å². The van der Waals surface area contributed by atoms with Crippen LogP contribution in [0.3, 0.4) is 0 Å². The number of nitrogens with zero attached hydrogens (tertiary/aromatic N) is 2. The number of nitro groups is 2. The highest BCUT2D eigenvalue weighted by atomic mass is 79.9. The predicted molar refractivity (Wildman–Crippen MR) is 116 cm³/mol. The van der Waals surface area contributed by atoms with Crippen LogP contribution in [0.25, 0.3) is 0 Å². The molecule has 0 aliphatic heterocycles. The first-order valence-electron chi connectivity index (χ1n) is 8.66. The van der Waals surface area contributed by atoms with Crippen molar-refractivity contribution in [2.45, 2.75) is 0 Å². The number of rotatable bonds is 6. The number of hydrogen-bond donors (Lipinski definition) is 2. The van der Waals surface area contributed by atoms with Crippen LogP contribution in [-0.2, 0) is 0 Å². The summed E-state index contributed by atoms with van der Waals surface area (Å²) in [6, 6.07) is 15.1. The van der Waals surface area contributed by atoms with Gasteiger partial charge in [-0.05, 0) is 58.4 Å². The molecule has 0 unspecified atom stereocenters. The molecule has 0 fully saturated rings. The zero-order valence-corrected chi connectivity index (χ0v) is 17.2. The van der Waals surface area contributed by atoms with Gasteiger partial charge in [0.05, 0.1) is 15.5 Å². The molecule has 0 radical (unpaired) electrons. The maximum Gasteiger partial charge on any atom is 0.269 e. The lowest BCUT2D eigenvalue weighted by Crippen LogP contribution is -2.14. The molecule has 0 atom stereocenters. The second kappa shape index (κ2) is 9.13. The van der Waals surface area contributed by atoms with Crippen molar-refractivity contribution in [2.75, 3.05) is 10.6 Å². The van der Waals surface area contributed by atoms with Gasteiger partial charge >= 0.3 is 0 Å². The largest absolute Gasteiger partial charge is 0.322 e. The standard InChI is InChI=1S/C20H13BrN4O6/c21-17-11-14(22-19(26)12-1-6-15(7-2-12)24(28)29)5-10-18(17)23-20(27)13-3-8-16(9-4-13)25(30)31/h1-11H,(H,22,26)(H,23,27). The van der Waals surface area contributed by atoms with Gasteiger partial charge in [-0.2, -0.15) is 0 Å². The summed E-state index contributed by atoms with van der Waals surface area (Å²) in [7, 11) is 0. The first-order valence-corrected chi connectivity index (χ1v) is 9.45. The zero-order chi connectivity index (χ0) is 22.5. The third-order valence-corrected chi connectivity index (χ3v) is 4.81. The Hall–Kier alpha value is -4.12. The highest BCUT2D eigenvalue weighted by Crippen LogP contribution is 2.27. The monoisotopic (exact) mass is 484 g/mol. The lowest BCUT2D eigenvalue weighted by Gasteiger charge is -2.10. The Morgan fingerprint density at radius 1 is 0.710 bits per heavy atom. The van der Waals surface area contributed by atoms with Gasteiger partial charge < -0.3 is 10.6 Å². The fourth-order valence-electron chi connectivity index (χ4n) is 2.56. The van der Waals surface area contributed by atoms with Crippen molar-refractivity contribution in [2.24, 2.45) is 0 Å². The quantitative estimate of drug-likeness (QED) is 0.380. The Kier molecular flexibility index (Phi) is 6.36. The van der Waals surface area contributed by atoms with E-state index in [2.05, 4.69) is 26.6 Å². The second-order valence-electron chi connectivity index (χ2n) is 6.21. The molecule has 3 aromatic rings. The molecular weight excluding hydrogens is 472 g/mol. The lowest BCUT2D eigenvalue weighted by atomic mass is 10.1. The summed E-state index contributed by atoms with van der Waals surface area (Å²) < 4.78 is 0.490. The van der Waals surface area contributed by atoms with Gasteiger partial charge in [0.2, 0.25) is 0 Å². The maximum absolute atomic E-state index is 12.4. The second-order valence-corrected chi connectivity index (χ2v) is 7.07. The minimum atomic E-state index is -0.554. The van der Waals surface area contributed by atoms with Crippen LogP contribution >= 0.6 is 15.9 Å². The summed E-state index contributed by atoms with van der Waals surface area (Å²) >= 11 is 3.32. The third-order valence-electron chi connectivity index (χ3n) is 4.16. The summed E-state index contributed by atoms with van der Waals surface area (Å²) in [5.74, 6) is -0.914. The molecule has 2 N–H and O–H groups in total. The molecule has 0 spiro atoms. The minimum Gasteiger partial charge on any atom is -0.322 e. The van der Waals surface area contributed by atoms with Crippen LogP contribution in [-0.4, -0.2) is 21.7 Å². The molecule has 3 rings (SSSR count). The van der Waals surface area contributed by atoms with E-state index in [1.54, 1.807) is 18.2 Å². The zero-order valence-electron chi connectivity index (χ0n) is 15.6. The van der Waals surface area contributed by atoms with E-state index in [4.69, 9.17) is 0 Å². The summed E-state index contributed by atoms with van der Waals surface area (Å²) in [4.78, 5) is 45.0. The third kappa shape index (κ3) is 5.28. The number of benzene rings is 3. The molecule has 0 aliphatic rings. The number of nitro benzene ring substituents is 2. The molecule has 0 saturated carbocycles. The number of carbonyl (C=O) groups is 2. The van der Waals surface area contributed by atoms with Crippen molar-refractivity contribution in [1.82, 2.24) is 0 Å². The average Bonchev–Trinajstić information content (AvgIpc) is 2.75. The highest BCUT2D eigenvalue weighted by Gasteiger charge is 2.13. The molecule has 31 heavy (non-hydrogen) atoms. The summed E-state index contributed by atoms with van der Waals surface area (Å²) in [5, 5.41) is 26.7. The number of halogens is 1. The summed E-state index contributed by atoms with van der Waals surface area (Å²) in [5.41, 5.74) is 1.11. The topological polar surface area (TPSA) is 144 Å². The van der Waals surface area contributed by atoms with Crippen molar-refractivity contribution in [1.29, 1.82) is 0 Å². The van der Waals surface area contributed by atoms with Gasteiger partial charge in [0.1, 0.15) is 0 Å². The van der Waals surface area contributed by atoms with E-state index in [0.29, 0.717) is 15.8 Å². The Morgan fingerprint density at radius 2 is 1.16 bits per heavy atom. The molecule has 0 bridgehead atoms. The number of non-ortho nitro benzene ring substituents is 2. The molecule has 156 valence electrons. The summed E-state index contributed by atoms with van der Waals surface area (Å²) in [6.07, 6.45) is 0. The molecule has 0 heterocycles. The van der Waals surface area contributed by atoms with Gasteiger partial charge in [0.25, 0.3) is 23.2 Å². The van der Waals surface area contributed by atoms with Gasteiger partial charge in [-0.25, -0.2) is 0 Å². The number of carbonyl (C=O) groups excluding carboxylic acids is 2. The molecule has 0 aliphatic carbocycles. The van der Waals surface area contributed by atoms with Gasteiger partial charge in [0, 0.05) is 45.6 Å². The molecule has 0 aromatic heterocycles. The van der Waals surface area contributed by atoms with E-state index >= 15 is 0 Å². The molecular formula is C20H13BrN4O6. The van der Waals surface area contributed by atoms with Crippen molar-refractivity contribution < 1.29 is 19.4 Å². The van der Waals surface area contributed by atoms with E-state index in [0.717, 1.165) is 0 Å². The van der Waals surface area contributed by atoms with Crippen LogP contribution in [0.4, 0.5) is 22.7 Å². The fraction of sp³-hybridized carbons (Fsp3) is 0. The van der Waals surface area contributed by atoms with Crippen LogP contribution in [0.1, 0.15) is 20.7 Å². The average molecular weight is 485 g/mol. The van der Waals surface area contributed by atoms with Crippen molar-refractivity contribution in [3.63, 3.8) is 0 Å². The van der Waals surface area contributed by atoms with E-state index in [1.807, 2.05) is 0 Å². The van der Waals surface area contributed by atoms with Crippen LogP contribution in [0.5, 0.6) is 0 Å². The minimum absolute atomic E-state index is 0.118. The lowest BCUT2D eigenvalue weighted by molar-refractivity contribution is -0.385. The molecule has 10 nitrogen and oxygen atoms in total.